The van der Waals surface area contributed by atoms with Gasteiger partial charge in [-0.15, -0.1) is 0 Å². The Morgan fingerprint density at radius 1 is 1.40 bits per heavy atom. The van der Waals surface area contributed by atoms with Gasteiger partial charge in [-0.1, -0.05) is 0 Å². The third kappa shape index (κ3) is 2.70. The van der Waals surface area contributed by atoms with Gasteiger partial charge >= 0.3 is 5.97 Å². The molecule has 0 radical (unpaired) electrons. The van der Waals surface area contributed by atoms with Crippen molar-refractivity contribution in [3.8, 4) is 0 Å². The lowest BCUT2D eigenvalue weighted by atomic mass is 10.0. The number of carboxylic acid groups (broad SMARTS) is 1. The first-order valence-corrected chi connectivity index (χ1v) is 8.61. The van der Waals surface area contributed by atoms with Crippen LogP contribution in [0.25, 0.3) is 0 Å². The van der Waals surface area contributed by atoms with Crippen molar-refractivity contribution in [2.75, 3.05) is 11.5 Å². The summed E-state index contributed by atoms with van der Waals surface area (Å²) in [6.07, 6.45) is 2.44. The van der Waals surface area contributed by atoms with Crippen molar-refractivity contribution in [1.29, 1.82) is 0 Å². The molecule has 2 aliphatic heterocycles. The second-order valence-corrected chi connectivity index (χ2v) is 7.90. The zero-order valence-corrected chi connectivity index (χ0v) is 11.8. The van der Waals surface area contributed by atoms with Crippen molar-refractivity contribution in [3.63, 3.8) is 0 Å². The number of sulfone groups is 1. The van der Waals surface area contributed by atoms with E-state index in [0.29, 0.717) is 38.1 Å². The Balaban J connectivity index is 1.70. The van der Waals surface area contributed by atoms with E-state index in [2.05, 4.69) is 10.1 Å². The molecule has 2 atom stereocenters. The maximum Gasteiger partial charge on any atom is 0.308 e. The molecular weight excluding hydrogens is 282 g/mol. The summed E-state index contributed by atoms with van der Waals surface area (Å²) in [5.41, 5.74) is 0. The van der Waals surface area contributed by atoms with Crippen molar-refractivity contribution in [1.82, 2.24) is 14.8 Å². The Morgan fingerprint density at radius 3 is 2.85 bits per heavy atom. The molecule has 1 saturated heterocycles. The molecule has 0 spiro atoms. The lowest BCUT2D eigenvalue weighted by Gasteiger charge is -2.18. The first-order chi connectivity index (χ1) is 9.43. The first kappa shape index (κ1) is 13.5. The van der Waals surface area contributed by atoms with Gasteiger partial charge in [0.2, 0.25) is 0 Å². The van der Waals surface area contributed by atoms with Gasteiger partial charge in [-0.3, -0.25) is 4.79 Å². The van der Waals surface area contributed by atoms with Gasteiger partial charge in [0.25, 0.3) is 0 Å². The van der Waals surface area contributed by atoms with Gasteiger partial charge in [-0.25, -0.2) is 18.1 Å². The molecule has 2 unspecified atom stereocenters. The minimum absolute atomic E-state index is 0.0970. The van der Waals surface area contributed by atoms with Crippen molar-refractivity contribution in [3.05, 3.63) is 11.6 Å². The predicted octanol–water partition coefficient (Wildman–Crippen LogP) is -0.0977. The Labute approximate surface area is 116 Å². The zero-order chi connectivity index (χ0) is 14.3. The lowest BCUT2D eigenvalue weighted by Crippen LogP contribution is -2.27. The smallest absolute Gasteiger partial charge is 0.308 e. The molecule has 1 fully saturated rings. The van der Waals surface area contributed by atoms with Gasteiger partial charge in [-0.05, 0) is 18.8 Å². The van der Waals surface area contributed by atoms with Gasteiger partial charge in [0.1, 0.15) is 5.82 Å². The Bertz CT molecular complexity index is 637. The van der Waals surface area contributed by atoms with E-state index in [0.717, 1.165) is 5.82 Å². The van der Waals surface area contributed by atoms with Crippen LogP contribution in [0.1, 0.15) is 24.5 Å². The van der Waals surface area contributed by atoms with Crippen LogP contribution in [-0.2, 0) is 34.0 Å². The van der Waals surface area contributed by atoms with E-state index in [4.69, 9.17) is 5.11 Å². The van der Waals surface area contributed by atoms with E-state index in [1.165, 1.54) is 0 Å². The zero-order valence-electron chi connectivity index (χ0n) is 11.0. The van der Waals surface area contributed by atoms with Crippen LogP contribution in [0.15, 0.2) is 0 Å². The Hall–Kier alpha value is -1.44. The van der Waals surface area contributed by atoms with Crippen LogP contribution in [0.2, 0.25) is 0 Å². The van der Waals surface area contributed by atoms with E-state index in [1.54, 1.807) is 4.68 Å². The van der Waals surface area contributed by atoms with E-state index in [1.807, 2.05) is 0 Å². The quantitative estimate of drug-likeness (QED) is 0.836. The average Bonchev–Trinajstić information content (AvgIpc) is 2.91. The highest BCUT2D eigenvalue weighted by Crippen LogP contribution is 2.23. The highest BCUT2D eigenvalue weighted by molar-refractivity contribution is 7.91. The van der Waals surface area contributed by atoms with Crippen LogP contribution in [0.4, 0.5) is 0 Å². The summed E-state index contributed by atoms with van der Waals surface area (Å²) in [5, 5.41) is 13.4. The van der Waals surface area contributed by atoms with Crippen LogP contribution in [0.5, 0.6) is 0 Å². The van der Waals surface area contributed by atoms with Gasteiger partial charge in [0.15, 0.2) is 15.7 Å². The number of aryl methyl sites for hydroxylation is 1. The molecule has 2 aliphatic rings. The fraction of sp³-hybridized carbons (Fsp3) is 0.750. The fourth-order valence-corrected chi connectivity index (χ4v) is 4.80. The standard InChI is InChI=1S/C12H17N3O4S/c16-12(17)9-1-2-11-13-10(14-15(11)6-9)5-8-3-4-20(18,19)7-8/h8-9H,1-7H2,(H,16,17). The molecule has 3 heterocycles. The van der Waals surface area contributed by atoms with Crippen LogP contribution in [0, 0.1) is 11.8 Å². The third-order valence-corrected chi connectivity index (χ3v) is 5.89. The number of hydrogen-bond donors (Lipinski definition) is 1. The summed E-state index contributed by atoms with van der Waals surface area (Å²) < 4.78 is 24.5. The minimum atomic E-state index is -2.88. The molecule has 1 N–H and O–H groups in total. The van der Waals surface area contributed by atoms with Crippen molar-refractivity contribution >= 4 is 15.8 Å². The lowest BCUT2D eigenvalue weighted by molar-refractivity contribution is -0.142. The minimum Gasteiger partial charge on any atom is -0.481 e. The fourth-order valence-electron chi connectivity index (χ4n) is 2.94. The molecule has 1 aromatic heterocycles. The molecule has 0 aliphatic carbocycles. The average molecular weight is 299 g/mol. The summed E-state index contributed by atoms with van der Waals surface area (Å²) in [7, 11) is -2.88. The van der Waals surface area contributed by atoms with Crippen LogP contribution >= 0.6 is 0 Å². The van der Waals surface area contributed by atoms with Crippen LogP contribution < -0.4 is 0 Å². The second kappa shape index (κ2) is 4.83. The normalized spacial score (nSPS) is 28.2. The molecule has 20 heavy (non-hydrogen) atoms. The van der Waals surface area contributed by atoms with E-state index >= 15 is 0 Å². The highest BCUT2D eigenvalue weighted by Gasteiger charge is 2.30. The highest BCUT2D eigenvalue weighted by atomic mass is 32.2. The Morgan fingerprint density at radius 2 is 2.20 bits per heavy atom. The molecule has 8 heteroatoms. The molecular formula is C12H17N3O4S. The largest absolute Gasteiger partial charge is 0.481 e. The number of carbonyl (C=O) groups is 1. The molecule has 3 rings (SSSR count). The Kier molecular flexibility index (Phi) is 3.27. The van der Waals surface area contributed by atoms with Crippen molar-refractivity contribution < 1.29 is 18.3 Å². The van der Waals surface area contributed by atoms with E-state index in [9.17, 15) is 13.2 Å². The topological polar surface area (TPSA) is 102 Å². The van der Waals surface area contributed by atoms with Gasteiger partial charge in [0, 0.05) is 12.8 Å². The molecule has 0 bridgehead atoms. The summed E-state index contributed by atoms with van der Waals surface area (Å²) in [5.74, 6) is 0.839. The monoisotopic (exact) mass is 299 g/mol. The molecule has 7 nitrogen and oxygen atoms in total. The van der Waals surface area contributed by atoms with E-state index in [-0.39, 0.29) is 17.4 Å². The maximum atomic E-state index is 11.4. The number of aliphatic carboxylic acids is 1. The molecule has 110 valence electrons. The van der Waals surface area contributed by atoms with Crippen molar-refractivity contribution in [2.24, 2.45) is 11.8 Å². The maximum absolute atomic E-state index is 11.4. The SMILES string of the molecule is O=C(O)C1CCc2nc(CC3CCS(=O)(=O)C3)nn2C1. The summed E-state index contributed by atoms with van der Waals surface area (Å²) in [6.45, 7) is 0.362. The van der Waals surface area contributed by atoms with Crippen LogP contribution in [0.3, 0.4) is 0 Å². The predicted molar refractivity (Wildman–Crippen MR) is 69.9 cm³/mol. The van der Waals surface area contributed by atoms with E-state index < -0.39 is 21.7 Å². The summed E-state index contributed by atoms with van der Waals surface area (Å²) in [6, 6.07) is 0. The molecule has 0 saturated carbocycles. The number of hydrogen-bond acceptors (Lipinski definition) is 5. The van der Waals surface area contributed by atoms with Crippen molar-refractivity contribution in [2.45, 2.75) is 32.2 Å². The van der Waals surface area contributed by atoms with Gasteiger partial charge < -0.3 is 5.11 Å². The summed E-state index contributed by atoms with van der Waals surface area (Å²) >= 11 is 0. The number of fused-ring (bicyclic) bond motifs is 1. The number of aromatic nitrogens is 3. The molecule has 0 amide bonds. The van der Waals surface area contributed by atoms with Gasteiger partial charge in [0.05, 0.1) is 24.0 Å². The number of rotatable bonds is 3. The van der Waals surface area contributed by atoms with Gasteiger partial charge in [-0.2, -0.15) is 5.10 Å². The summed E-state index contributed by atoms with van der Waals surface area (Å²) in [4.78, 5) is 15.4. The second-order valence-electron chi connectivity index (χ2n) is 5.67. The number of carboxylic acids is 1. The number of nitrogens with zero attached hydrogens (tertiary/aromatic N) is 3. The van der Waals surface area contributed by atoms with Crippen LogP contribution in [-0.4, -0.2) is 45.8 Å². The molecule has 1 aromatic rings. The first-order valence-electron chi connectivity index (χ1n) is 6.79. The third-order valence-electron chi connectivity index (χ3n) is 4.05. The molecule has 0 aromatic carbocycles.